The zero-order chi connectivity index (χ0) is 9.84. The highest BCUT2D eigenvalue weighted by Gasteiger charge is 2.13. The first kappa shape index (κ1) is 9.66. The highest BCUT2D eigenvalue weighted by Crippen LogP contribution is 2.08. The van der Waals surface area contributed by atoms with Crippen LogP contribution in [-0.2, 0) is 4.79 Å². The summed E-state index contributed by atoms with van der Waals surface area (Å²) in [5.74, 6) is -1.32. The quantitative estimate of drug-likeness (QED) is 0.464. The Bertz CT molecular complexity index is 347. The van der Waals surface area contributed by atoms with Crippen molar-refractivity contribution in [2.24, 2.45) is 5.16 Å². The van der Waals surface area contributed by atoms with Crippen molar-refractivity contribution < 1.29 is 15.1 Å². The molecule has 0 aliphatic rings. The Kier molecular flexibility index (Phi) is 2.97. The van der Waals surface area contributed by atoms with Crippen molar-refractivity contribution in [3.05, 3.63) is 28.5 Å². The number of aromatic nitrogens is 1. The summed E-state index contributed by atoms with van der Waals surface area (Å²) in [6.07, 6.45) is 1.42. The lowest BCUT2D eigenvalue weighted by molar-refractivity contribution is -0.129. The highest BCUT2D eigenvalue weighted by atomic mass is 79.9. The van der Waals surface area contributed by atoms with Crippen molar-refractivity contribution in [2.45, 2.75) is 0 Å². The topological polar surface area (TPSA) is 82.8 Å². The number of hydrogen-bond acceptors (Lipinski definition) is 4. The molecular weight excluding hydrogens is 240 g/mol. The van der Waals surface area contributed by atoms with E-state index in [1.54, 1.807) is 6.07 Å². The number of pyridine rings is 1. The third kappa shape index (κ3) is 2.25. The van der Waals surface area contributed by atoms with Gasteiger partial charge >= 0.3 is 5.97 Å². The predicted octanol–water partition coefficient (Wildman–Crippen LogP) is 1.11. The molecular formula is C7H5BrN2O3. The molecule has 1 rings (SSSR count). The molecule has 6 heteroatoms. The fourth-order valence-electron chi connectivity index (χ4n) is 0.719. The fraction of sp³-hybridized carbons (Fsp3) is 0. The monoisotopic (exact) mass is 244 g/mol. The van der Waals surface area contributed by atoms with Gasteiger partial charge in [-0.15, -0.1) is 0 Å². The van der Waals surface area contributed by atoms with E-state index in [2.05, 4.69) is 26.1 Å². The normalized spacial score (nSPS) is 11.3. The molecule has 1 heterocycles. The van der Waals surface area contributed by atoms with Crippen molar-refractivity contribution >= 4 is 27.6 Å². The standard InChI is InChI=1S/C7H5BrN2O3/c8-4-1-2-5(9-3-4)6(10-13)7(11)12/h1-3,13H,(H,11,12)/b10-6-. The van der Waals surface area contributed by atoms with Gasteiger partial charge in [-0.1, -0.05) is 5.16 Å². The van der Waals surface area contributed by atoms with Gasteiger partial charge in [-0.25, -0.2) is 4.79 Å². The number of carboxylic acids is 1. The van der Waals surface area contributed by atoms with Gasteiger partial charge in [0.1, 0.15) is 0 Å². The summed E-state index contributed by atoms with van der Waals surface area (Å²) in [5, 5.41) is 19.6. The molecule has 68 valence electrons. The molecule has 0 aromatic carbocycles. The van der Waals surface area contributed by atoms with E-state index < -0.39 is 11.7 Å². The number of oxime groups is 1. The molecule has 0 aliphatic carbocycles. The first-order valence-corrected chi connectivity index (χ1v) is 4.01. The van der Waals surface area contributed by atoms with Gasteiger partial charge < -0.3 is 10.3 Å². The van der Waals surface area contributed by atoms with Crippen molar-refractivity contribution in [1.82, 2.24) is 4.98 Å². The highest BCUT2D eigenvalue weighted by molar-refractivity contribution is 9.10. The summed E-state index contributed by atoms with van der Waals surface area (Å²) >= 11 is 3.14. The summed E-state index contributed by atoms with van der Waals surface area (Å²) in [6, 6.07) is 3.05. The molecule has 0 amide bonds. The molecule has 0 unspecified atom stereocenters. The lowest BCUT2D eigenvalue weighted by Gasteiger charge is -1.97. The molecule has 0 atom stereocenters. The van der Waals surface area contributed by atoms with Gasteiger partial charge in [-0.3, -0.25) is 4.98 Å². The minimum absolute atomic E-state index is 0.109. The van der Waals surface area contributed by atoms with Crippen molar-refractivity contribution in [3.63, 3.8) is 0 Å². The van der Waals surface area contributed by atoms with Gasteiger partial charge in [0.05, 0.1) is 5.69 Å². The van der Waals surface area contributed by atoms with E-state index in [0.717, 1.165) is 4.47 Å². The van der Waals surface area contributed by atoms with Crippen LogP contribution in [-0.4, -0.2) is 27.0 Å². The number of halogens is 1. The van der Waals surface area contributed by atoms with Gasteiger partial charge in [-0.05, 0) is 28.1 Å². The van der Waals surface area contributed by atoms with E-state index >= 15 is 0 Å². The van der Waals surface area contributed by atoms with Gasteiger partial charge in [-0.2, -0.15) is 0 Å². The van der Waals surface area contributed by atoms with Crippen molar-refractivity contribution in [3.8, 4) is 0 Å². The minimum atomic E-state index is -1.32. The summed E-state index contributed by atoms with van der Waals surface area (Å²) in [7, 11) is 0. The Morgan fingerprint density at radius 1 is 1.54 bits per heavy atom. The van der Waals surface area contributed by atoms with Gasteiger partial charge in [0.15, 0.2) is 0 Å². The average Bonchev–Trinajstić information content (AvgIpc) is 2.09. The smallest absolute Gasteiger partial charge is 0.360 e. The molecule has 0 fully saturated rings. The molecule has 1 aromatic rings. The third-order valence-electron chi connectivity index (χ3n) is 1.27. The molecule has 0 spiro atoms. The van der Waals surface area contributed by atoms with Crippen LogP contribution in [0.1, 0.15) is 5.69 Å². The number of carboxylic acid groups (broad SMARTS) is 1. The van der Waals surface area contributed by atoms with E-state index in [9.17, 15) is 4.79 Å². The fourth-order valence-corrected chi connectivity index (χ4v) is 0.954. The van der Waals surface area contributed by atoms with Gasteiger partial charge in [0.25, 0.3) is 0 Å². The Balaban J connectivity index is 3.07. The first-order chi connectivity index (χ1) is 6.15. The molecule has 5 nitrogen and oxygen atoms in total. The van der Waals surface area contributed by atoms with Crippen LogP contribution in [0, 0.1) is 0 Å². The van der Waals surface area contributed by atoms with Gasteiger partial charge in [0.2, 0.25) is 5.71 Å². The van der Waals surface area contributed by atoms with E-state index in [-0.39, 0.29) is 5.69 Å². The molecule has 2 N–H and O–H groups in total. The second-order valence-corrected chi connectivity index (χ2v) is 3.03. The largest absolute Gasteiger partial charge is 0.476 e. The molecule has 1 aromatic heterocycles. The lowest BCUT2D eigenvalue weighted by Crippen LogP contribution is -2.15. The Hall–Kier alpha value is -1.43. The van der Waals surface area contributed by atoms with E-state index in [1.165, 1.54) is 12.3 Å². The molecule has 0 bridgehead atoms. The van der Waals surface area contributed by atoms with Crippen LogP contribution in [0.5, 0.6) is 0 Å². The maximum absolute atomic E-state index is 10.5. The first-order valence-electron chi connectivity index (χ1n) is 3.22. The van der Waals surface area contributed by atoms with Crippen LogP contribution in [0.15, 0.2) is 28.0 Å². The van der Waals surface area contributed by atoms with Crippen LogP contribution in [0.25, 0.3) is 0 Å². The lowest BCUT2D eigenvalue weighted by atomic mass is 10.2. The second-order valence-electron chi connectivity index (χ2n) is 2.12. The predicted molar refractivity (Wildman–Crippen MR) is 47.9 cm³/mol. The summed E-state index contributed by atoms with van der Waals surface area (Å²) in [6.45, 7) is 0. The van der Waals surface area contributed by atoms with Crippen molar-refractivity contribution in [1.29, 1.82) is 0 Å². The van der Waals surface area contributed by atoms with Crippen LogP contribution in [0.3, 0.4) is 0 Å². The van der Waals surface area contributed by atoms with Crippen LogP contribution < -0.4 is 0 Å². The van der Waals surface area contributed by atoms with Gasteiger partial charge in [0, 0.05) is 10.7 Å². The molecule has 13 heavy (non-hydrogen) atoms. The molecule has 0 saturated heterocycles. The summed E-state index contributed by atoms with van der Waals surface area (Å²) in [5.41, 5.74) is -0.370. The maximum atomic E-state index is 10.5. The van der Waals surface area contributed by atoms with E-state index in [1.807, 2.05) is 0 Å². The zero-order valence-electron chi connectivity index (χ0n) is 6.31. The summed E-state index contributed by atoms with van der Waals surface area (Å²) < 4.78 is 0.721. The Morgan fingerprint density at radius 3 is 2.62 bits per heavy atom. The second kappa shape index (κ2) is 3.99. The third-order valence-corrected chi connectivity index (χ3v) is 1.74. The zero-order valence-corrected chi connectivity index (χ0v) is 7.89. The number of rotatable bonds is 2. The maximum Gasteiger partial charge on any atom is 0.360 e. The summed E-state index contributed by atoms with van der Waals surface area (Å²) in [4.78, 5) is 14.2. The number of hydrogen-bond donors (Lipinski definition) is 2. The van der Waals surface area contributed by atoms with Crippen LogP contribution >= 0.6 is 15.9 Å². The number of nitrogens with zero attached hydrogens (tertiary/aromatic N) is 2. The van der Waals surface area contributed by atoms with Crippen LogP contribution in [0.4, 0.5) is 0 Å². The number of carbonyl (C=O) groups is 1. The number of aliphatic carboxylic acids is 1. The molecule has 0 radical (unpaired) electrons. The SMILES string of the molecule is O=C(O)/C(=N\O)c1ccc(Br)cn1. The Morgan fingerprint density at radius 2 is 2.23 bits per heavy atom. The minimum Gasteiger partial charge on any atom is -0.476 e. The average molecular weight is 245 g/mol. The molecule has 0 aliphatic heterocycles. The Labute approximate surface area is 81.8 Å². The van der Waals surface area contributed by atoms with E-state index in [4.69, 9.17) is 10.3 Å². The van der Waals surface area contributed by atoms with Crippen molar-refractivity contribution in [2.75, 3.05) is 0 Å². The van der Waals surface area contributed by atoms with Crippen LogP contribution in [0.2, 0.25) is 0 Å². The molecule has 0 saturated carbocycles. The van der Waals surface area contributed by atoms with E-state index in [0.29, 0.717) is 0 Å².